The van der Waals surface area contributed by atoms with Crippen molar-refractivity contribution >= 4 is 12.3 Å². The van der Waals surface area contributed by atoms with E-state index < -0.39 is 18.0 Å². The first-order valence-electron chi connectivity index (χ1n) is 5.49. The predicted molar refractivity (Wildman–Crippen MR) is 61.8 cm³/mol. The second kappa shape index (κ2) is 6.59. The molecular formula is C13H11F2NO3. The van der Waals surface area contributed by atoms with Gasteiger partial charge in [-0.15, -0.1) is 0 Å². The Kier molecular flexibility index (Phi) is 5.12. The van der Waals surface area contributed by atoms with Gasteiger partial charge in [0.1, 0.15) is 0 Å². The van der Waals surface area contributed by atoms with Gasteiger partial charge in [0, 0.05) is 11.1 Å². The molecule has 0 N–H and O–H groups in total. The van der Waals surface area contributed by atoms with E-state index in [0.717, 1.165) is 0 Å². The average Bonchev–Trinajstić information content (AvgIpc) is 2.38. The van der Waals surface area contributed by atoms with E-state index in [2.05, 4.69) is 0 Å². The number of esters is 1. The quantitative estimate of drug-likeness (QED) is 0.607. The lowest BCUT2D eigenvalue weighted by atomic mass is 9.95. The molecule has 0 aliphatic heterocycles. The van der Waals surface area contributed by atoms with Crippen LogP contribution in [0, 0.1) is 11.3 Å². The Hall–Kier alpha value is -2.29. The maximum Gasteiger partial charge on any atom is 0.310 e. The van der Waals surface area contributed by atoms with Crippen LogP contribution >= 0.6 is 0 Å². The Bertz CT molecular complexity index is 535. The maximum absolute atomic E-state index is 12.9. The first kappa shape index (κ1) is 14.8. The summed E-state index contributed by atoms with van der Waals surface area (Å²) in [5.41, 5.74) is -1.10. The van der Waals surface area contributed by atoms with Crippen LogP contribution in [0.4, 0.5) is 8.78 Å². The van der Waals surface area contributed by atoms with Crippen LogP contribution in [0.25, 0.3) is 0 Å². The van der Waals surface area contributed by atoms with Crippen molar-refractivity contribution in [2.75, 3.05) is 6.61 Å². The number of hydrogen-bond acceptors (Lipinski definition) is 4. The number of benzene rings is 1. The number of aldehydes is 1. The SMILES string of the molecule is CCOC(=O)Cc1ccc(C#N)c(C(F)F)c1C=O. The number of nitriles is 1. The fourth-order valence-electron chi connectivity index (χ4n) is 1.67. The van der Waals surface area contributed by atoms with Crippen LogP contribution in [0.2, 0.25) is 0 Å². The number of alkyl halides is 2. The summed E-state index contributed by atoms with van der Waals surface area (Å²) in [7, 11) is 0. The van der Waals surface area contributed by atoms with E-state index >= 15 is 0 Å². The first-order chi connectivity index (χ1) is 9.04. The molecule has 0 aliphatic carbocycles. The van der Waals surface area contributed by atoms with Gasteiger partial charge in [-0.25, -0.2) is 8.78 Å². The van der Waals surface area contributed by atoms with Crippen LogP contribution in [0.1, 0.15) is 40.4 Å². The molecule has 6 heteroatoms. The zero-order chi connectivity index (χ0) is 14.4. The monoisotopic (exact) mass is 267 g/mol. The highest BCUT2D eigenvalue weighted by Crippen LogP contribution is 2.28. The lowest BCUT2D eigenvalue weighted by molar-refractivity contribution is -0.142. The second-order valence-corrected chi connectivity index (χ2v) is 3.61. The Morgan fingerprint density at radius 3 is 2.68 bits per heavy atom. The molecule has 0 aromatic heterocycles. The van der Waals surface area contributed by atoms with Crippen LogP contribution in [0.3, 0.4) is 0 Å². The maximum atomic E-state index is 12.9. The Morgan fingerprint density at radius 2 is 2.21 bits per heavy atom. The molecule has 1 aromatic carbocycles. The number of halogens is 2. The summed E-state index contributed by atoms with van der Waals surface area (Å²) in [4.78, 5) is 22.3. The van der Waals surface area contributed by atoms with Crippen molar-refractivity contribution in [3.63, 3.8) is 0 Å². The fraction of sp³-hybridized carbons (Fsp3) is 0.308. The summed E-state index contributed by atoms with van der Waals surface area (Å²) in [6, 6.07) is 4.08. The highest BCUT2D eigenvalue weighted by atomic mass is 19.3. The van der Waals surface area contributed by atoms with Gasteiger partial charge in [0.15, 0.2) is 6.29 Å². The van der Waals surface area contributed by atoms with Crippen molar-refractivity contribution in [2.24, 2.45) is 0 Å². The molecule has 0 radical (unpaired) electrons. The minimum absolute atomic E-state index is 0.128. The first-order valence-corrected chi connectivity index (χ1v) is 5.49. The third-order valence-electron chi connectivity index (χ3n) is 2.47. The number of nitrogens with zero attached hydrogens (tertiary/aromatic N) is 1. The number of carbonyl (C=O) groups excluding carboxylic acids is 2. The minimum atomic E-state index is -2.96. The molecule has 0 saturated heterocycles. The predicted octanol–water partition coefficient (Wildman–Crippen LogP) is 2.41. The van der Waals surface area contributed by atoms with Gasteiger partial charge in [0.2, 0.25) is 0 Å². The van der Waals surface area contributed by atoms with Crippen LogP contribution in [0.15, 0.2) is 12.1 Å². The molecular weight excluding hydrogens is 256 g/mol. The normalized spacial score (nSPS) is 10.1. The number of carbonyl (C=O) groups is 2. The molecule has 0 heterocycles. The van der Waals surface area contributed by atoms with Gasteiger partial charge < -0.3 is 4.74 Å². The molecule has 0 fully saturated rings. The van der Waals surface area contributed by atoms with Gasteiger partial charge in [0.05, 0.1) is 24.7 Å². The lowest BCUT2D eigenvalue weighted by Crippen LogP contribution is -2.11. The van der Waals surface area contributed by atoms with Gasteiger partial charge in [-0.1, -0.05) is 6.07 Å². The molecule has 19 heavy (non-hydrogen) atoms. The summed E-state index contributed by atoms with van der Waals surface area (Å²) < 4.78 is 30.5. The van der Waals surface area contributed by atoms with Crippen LogP contribution < -0.4 is 0 Å². The van der Waals surface area contributed by atoms with Gasteiger partial charge in [-0.2, -0.15) is 5.26 Å². The highest BCUT2D eigenvalue weighted by molar-refractivity contribution is 5.84. The second-order valence-electron chi connectivity index (χ2n) is 3.61. The van der Waals surface area contributed by atoms with Crippen molar-refractivity contribution in [2.45, 2.75) is 19.8 Å². The standard InChI is InChI=1S/C13H11F2NO3/c1-2-19-11(18)5-8-3-4-9(6-16)12(13(14)15)10(8)7-17/h3-4,7,13H,2,5H2,1H3. The van der Waals surface area contributed by atoms with Gasteiger partial charge in [-0.05, 0) is 18.6 Å². The lowest BCUT2D eigenvalue weighted by Gasteiger charge is -2.11. The van der Waals surface area contributed by atoms with E-state index in [1.807, 2.05) is 0 Å². The molecule has 1 aromatic rings. The smallest absolute Gasteiger partial charge is 0.310 e. The molecule has 0 saturated carbocycles. The highest BCUT2D eigenvalue weighted by Gasteiger charge is 2.21. The zero-order valence-electron chi connectivity index (χ0n) is 10.2. The van der Waals surface area contributed by atoms with Crippen molar-refractivity contribution in [3.8, 4) is 6.07 Å². The molecule has 1 rings (SSSR count). The van der Waals surface area contributed by atoms with Gasteiger partial charge in [-0.3, -0.25) is 9.59 Å². The van der Waals surface area contributed by atoms with Crippen LogP contribution in [-0.2, 0) is 16.0 Å². The number of rotatable bonds is 5. The molecule has 4 nitrogen and oxygen atoms in total. The molecule has 0 unspecified atom stereocenters. The number of hydrogen-bond donors (Lipinski definition) is 0. The molecule has 0 atom stereocenters. The van der Waals surface area contributed by atoms with Crippen molar-refractivity contribution in [3.05, 3.63) is 34.4 Å². The van der Waals surface area contributed by atoms with Gasteiger partial charge in [0.25, 0.3) is 6.43 Å². The van der Waals surface area contributed by atoms with Crippen LogP contribution in [-0.4, -0.2) is 18.9 Å². The molecule has 0 amide bonds. The van der Waals surface area contributed by atoms with Crippen molar-refractivity contribution in [1.29, 1.82) is 5.26 Å². The number of ether oxygens (including phenoxy) is 1. The van der Waals surface area contributed by atoms with E-state index in [1.165, 1.54) is 12.1 Å². The summed E-state index contributed by atoms with van der Waals surface area (Å²) in [5, 5.41) is 8.75. The summed E-state index contributed by atoms with van der Waals surface area (Å²) in [6.07, 6.45) is -3.01. The van der Waals surface area contributed by atoms with E-state index in [-0.39, 0.29) is 36.0 Å². The molecule has 0 spiro atoms. The van der Waals surface area contributed by atoms with E-state index in [9.17, 15) is 18.4 Å². The van der Waals surface area contributed by atoms with Gasteiger partial charge >= 0.3 is 5.97 Å². The molecule has 0 aliphatic rings. The van der Waals surface area contributed by atoms with E-state index in [1.54, 1.807) is 13.0 Å². The minimum Gasteiger partial charge on any atom is -0.466 e. The van der Waals surface area contributed by atoms with Crippen molar-refractivity contribution < 1.29 is 23.1 Å². The average molecular weight is 267 g/mol. The van der Waals surface area contributed by atoms with E-state index in [4.69, 9.17) is 10.00 Å². The molecule has 0 bridgehead atoms. The summed E-state index contributed by atoms with van der Waals surface area (Å²) >= 11 is 0. The Labute approximate surface area is 108 Å². The van der Waals surface area contributed by atoms with Crippen LogP contribution in [0.5, 0.6) is 0 Å². The third kappa shape index (κ3) is 3.35. The summed E-state index contributed by atoms with van der Waals surface area (Å²) in [5.74, 6) is -0.615. The third-order valence-corrected chi connectivity index (χ3v) is 2.47. The Balaban J connectivity index is 3.28. The topological polar surface area (TPSA) is 67.2 Å². The summed E-state index contributed by atoms with van der Waals surface area (Å²) in [6.45, 7) is 1.77. The fourth-order valence-corrected chi connectivity index (χ4v) is 1.67. The van der Waals surface area contributed by atoms with Crippen molar-refractivity contribution in [1.82, 2.24) is 0 Å². The largest absolute Gasteiger partial charge is 0.466 e. The zero-order valence-corrected chi connectivity index (χ0v) is 10.2. The molecule has 100 valence electrons. The Morgan fingerprint density at radius 1 is 1.53 bits per heavy atom. The van der Waals surface area contributed by atoms with E-state index in [0.29, 0.717) is 0 Å².